The van der Waals surface area contributed by atoms with Crippen molar-refractivity contribution >= 4 is 42.7 Å². The summed E-state index contributed by atoms with van der Waals surface area (Å²) in [5, 5.41) is 13.3. The summed E-state index contributed by atoms with van der Waals surface area (Å²) < 4.78 is 53.1. The number of amidine groups is 1. The van der Waals surface area contributed by atoms with Gasteiger partial charge < -0.3 is 16.0 Å². The normalized spacial score (nSPS) is 14.2. The predicted molar refractivity (Wildman–Crippen MR) is 124 cm³/mol. The van der Waals surface area contributed by atoms with Crippen LogP contribution < -0.4 is 16.6 Å². The van der Waals surface area contributed by atoms with Crippen LogP contribution in [0, 0.1) is 0 Å². The van der Waals surface area contributed by atoms with E-state index in [1.54, 1.807) is 16.7 Å². The van der Waals surface area contributed by atoms with Crippen molar-refractivity contribution in [2.24, 2.45) is 26.1 Å². The first-order valence-electron chi connectivity index (χ1n) is 9.90. The Morgan fingerprint density at radius 2 is 1.85 bits per heavy atom. The maximum atomic E-state index is 12.9. The number of nitrogen functional groups attached to an aromatic ring is 1. The molecule has 2 aromatic carbocycles. The first-order valence-corrected chi connectivity index (χ1v) is 13.1. The van der Waals surface area contributed by atoms with Crippen LogP contribution in [0.4, 0.5) is 5.95 Å². The lowest BCUT2D eigenvalue weighted by Gasteiger charge is -2.17. The molecule has 174 valence electrons. The van der Waals surface area contributed by atoms with E-state index in [-0.39, 0.29) is 30.6 Å². The first-order chi connectivity index (χ1) is 15.6. The number of hydrogen-bond donors (Lipinski definition) is 3. The smallest absolute Gasteiger partial charge is 0.240 e. The number of sulfone groups is 1. The Morgan fingerprint density at radius 1 is 1.09 bits per heavy atom. The molecule has 0 amide bonds. The Balaban J connectivity index is 2.17. The number of nitrogens with zero attached hydrogens (tertiary/aromatic N) is 5. The Bertz CT molecular complexity index is 1540. The van der Waals surface area contributed by atoms with E-state index >= 15 is 0 Å². The zero-order valence-electron chi connectivity index (χ0n) is 17.6. The number of rotatable bonds is 7. The molecule has 33 heavy (non-hydrogen) atoms. The van der Waals surface area contributed by atoms with Crippen molar-refractivity contribution in [1.29, 1.82) is 0 Å². The lowest BCUT2D eigenvalue weighted by molar-refractivity contribution is 0.583. The fourth-order valence-electron chi connectivity index (χ4n) is 3.87. The number of hydrogen-bond acceptors (Lipinski definition) is 10. The zero-order chi connectivity index (χ0) is 24.0. The molecule has 2 heterocycles. The third kappa shape index (κ3) is 3.90. The number of imidazole rings is 1. The van der Waals surface area contributed by atoms with Gasteiger partial charge in [-0.15, -0.1) is 5.11 Å². The second kappa shape index (κ2) is 8.30. The highest BCUT2D eigenvalue weighted by molar-refractivity contribution is 7.93. The lowest BCUT2D eigenvalue weighted by atomic mass is 9.97. The third-order valence-electron chi connectivity index (χ3n) is 5.22. The first kappa shape index (κ1) is 23.0. The van der Waals surface area contributed by atoms with Gasteiger partial charge in [0.25, 0.3) is 0 Å². The van der Waals surface area contributed by atoms with Gasteiger partial charge in [0.2, 0.25) is 16.0 Å². The molecule has 0 bridgehead atoms. The van der Waals surface area contributed by atoms with Crippen molar-refractivity contribution in [2.75, 3.05) is 24.7 Å². The van der Waals surface area contributed by atoms with Crippen LogP contribution in [0.1, 0.15) is 12.5 Å². The van der Waals surface area contributed by atoms with E-state index in [2.05, 4.69) is 20.2 Å². The molecule has 0 unspecified atom stereocenters. The molecule has 4 rings (SSSR count). The highest BCUT2D eigenvalue weighted by Crippen LogP contribution is 2.38. The van der Waals surface area contributed by atoms with Crippen LogP contribution in [-0.4, -0.2) is 51.2 Å². The number of aryl methyl sites for hydroxylation is 1. The molecule has 0 aliphatic carbocycles. The molecule has 1 aliphatic heterocycles. The van der Waals surface area contributed by atoms with E-state index < -0.39 is 35.4 Å². The molecule has 1 aromatic heterocycles. The average molecular weight is 491 g/mol. The fourth-order valence-corrected chi connectivity index (χ4v) is 6.63. The number of sulfonamides is 1. The number of fused-ring (bicyclic) bond motifs is 1. The van der Waals surface area contributed by atoms with Crippen LogP contribution in [0.5, 0.6) is 0 Å². The van der Waals surface area contributed by atoms with Crippen molar-refractivity contribution < 1.29 is 16.8 Å². The summed E-state index contributed by atoms with van der Waals surface area (Å²) in [7, 11) is -8.62. The summed E-state index contributed by atoms with van der Waals surface area (Å²) in [6, 6.07) is 8.01. The molecule has 1 aliphatic rings. The topological polar surface area (TPSA) is 201 Å². The molecule has 0 saturated carbocycles. The molecule has 3 aromatic rings. The minimum absolute atomic E-state index is 0.0276. The van der Waals surface area contributed by atoms with Gasteiger partial charge in [-0.3, -0.25) is 0 Å². The number of azo groups is 1. The van der Waals surface area contributed by atoms with Gasteiger partial charge in [0.1, 0.15) is 4.90 Å². The average Bonchev–Trinajstić information content (AvgIpc) is 3.38. The summed E-state index contributed by atoms with van der Waals surface area (Å²) in [5.41, 5.74) is 13.5. The molecule has 0 fully saturated rings. The van der Waals surface area contributed by atoms with Crippen molar-refractivity contribution in [3.8, 4) is 11.1 Å². The quantitative estimate of drug-likeness (QED) is 0.435. The molecule has 0 radical (unpaired) electrons. The molecule has 0 atom stereocenters. The SMILES string of the molecule is CCn1c(N)nc2c(-c3ccc(S(=O)(=O)CCN)c(S(N)(=O)=O)c3C3=NCN=N3)cccc21. The number of primary sulfonamides is 1. The van der Waals surface area contributed by atoms with Gasteiger partial charge in [-0.2, -0.15) is 5.11 Å². The number of nitrogens with two attached hydrogens (primary N) is 3. The van der Waals surface area contributed by atoms with Gasteiger partial charge in [0.05, 0.1) is 27.2 Å². The van der Waals surface area contributed by atoms with Gasteiger partial charge in [0.15, 0.2) is 22.3 Å². The van der Waals surface area contributed by atoms with Crippen molar-refractivity contribution in [2.45, 2.75) is 23.3 Å². The largest absolute Gasteiger partial charge is 0.369 e. The number of aliphatic imine (C=N–C) groups is 1. The zero-order valence-corrected chi connectivity index (χ0v) is 19.3. The Kier molecular flexibility index (Phi) is 5.78. The maximum Gasteiger partial charge on any atom is 0.240 e. The molecule has 14 heteroatoms. The van der Waals surface area contributed by atoms with Crippen LogP contribution in [0.3, 0.4) is 0 Å². The highest BCUT2D eigenvalue weighted by atomic mass is 32.2. The van der Waals surface area contributed by atoms with E-state index in [0.717, 1.165) is 5.52 Å². The van der Waals surface area contributed by atoms with Crippen molar-refractivity contribution in [1.82, 2.24) is 9.55 Å². The van der Waals surface area contributed by atoms with Crippen LogP contribution in [-0.2, 0) is 26.4 Å². The molecule has 12 nitrogen and oxygen atoms in total. The fraction of sp³-hybridized carbons (Fsp3) is 0.263. The molecular weight excluding hydrogens is 468 g/mol. The number of anilines is 1. The van der Waals surface area contributed by atoms with Crippen LogP contribution in [0.25, 0.3) is 22.2 Å². The predicted octanol–water partition coefficient (Wildman–Crippen LogP) is 0.855. The number of benzene rings is 2. The van der Waals surface area contributed by atoms with Gasteiger partial charge in [-0.1, -0.05) is 18.2 Å². The van der Waals surface area contributed by atoms with E-state index in [9.17, 15) is 16.8 Å². The van der Waals surface area contributed by atoms with E-state index in [4.69, 9.17) is 16.6 Å². The summed E-state index contributed by atoms with van der Waals surface area (Å²) in [4.78, 5) is 7.53. The molecule has 0 spiro atoms. The Hall–Kier alpha value is -3.20. The van der Waals surface area contributed by atoms with E-state index in [0.29, 0.717) is 23.2 Å². The van der Waals surface area contributed by atoms with Crippen LogP contribution in [0.2, 0.25) is 0 Å². The Morgan fingerprint density at radius 3 is 2.45 bits per heavy atom. The summed E-state index contributed by atoms with van der Waals surface area (Å²) in [6.07, 6.45) is 0. The molecular formula is C19H22N8O4S2. The lowest BCUT2D eigenvalue weighted by Crippen LogP contribution is -2.24. The summed E-state index contributed by atoms with van der Waals surface area (Å²) in [5.74, 6) is -0.220. The van der Waals surface area contributed by atoms with Gasteiger partial charge in [-0.25, -0.2) is 32.0 Å². The standard InChI is InChI=1S/C19H22N8O4S2/c1-2-27-13-5-3-4-12(16(13)25-19(27)21)11-6-7-14(32(28,29)9-8-20)17(33(22,30)31)15(11)18-23-10-24-26-18/h3-7H,2,8-10,20H2,1H3,(H2,21,25)(H2,22,30,31). The van der Waals surface area contributed by atoms with E-state index in [1.165, 1.54) is 12.1 Å². The molecule has 0 saturated heterocycles. The minimum atomic E-state index is -4.55. The Labute approximate surface area is 190 Å². The van der Waals surface area contributed by atoms with Gasteiger partial charge in [0, 0.05) is 18.7 Å². The van der Waals surface area contributed by atoms with Gasteiger partial charge >= 0.3 is 0 Å². The van der Waals surface area contributed by atoms with Crippen molar-refractivity contribution in [3.63, 3.8) is 0 Å². The number of para-hydroxylation sites is 1. The van der Waals surface area contributed by atoms with Crippen LogP contribution >= 0.6 is 0 Å². The third-order valence-corrected chi connectivity index (χ3v) is 8.12. The van der Waals surface area contributed by atoms with Gasteiger partial charge in [-0.05, 0) is 24.6 Å². The summed E-state index contributed by atoms with van der Waals surface area (Å²) in [6.45, 7) is 2.26. The maximum absolute atomic E-state index is 12.9. The number of aromatic nitrogens is 2. The minimum Gasteiger partial charge on any atom is -0.369 e. The van der Waals surface area contributed by atoms with Crippen molar-refractivity contribution in [3.05, 3.63) is 35.9 Å². The second-order valence-electron chi connectivity index (χ2n) is 7.22. The van der Waals surface area contributed by atoms with E-state index in [1.807, 2.05) is 13.0 Å². The molecule has 6 N–H and O–H groups in total. The second-order valence-corrected chi connectivity index (χ2v) is 10.8. The monoisotopic (exact) mass is 490 g/mol. The van der Waals surface area contributed by atoms with Crippen LogP contribution in [0.15, 0.2) is 55.3 Å². The highest BCUT2D eigenvalue weighted by Gasteiger charge is 2.32. The summed E-state index contributed by atoms with van der Waals surface area (Å²) >= 11 is 0.